The second-order valence-corrected chi connectivity index (χ2v) is 3.19. The maximum atomic E-state index is 10.8. The number of nitrogens with one attached hydrogen (secondary N) is 1. The highest BCUT2D eigenvalue weighted by Gasteiger charge is 2.06. The minimum Gasteiger partial charge on any atom is -0.449 e. The molecule has 0 aliphatic heterocycles. The Hall–Kier alpha value is -1.55. The number of alkyl carbamates (subject to hydrolysis) is 1. The lowest BCUT2D eigenvalue weighted by Crippen LogP contribution is -2.21. The molecule has 0 saturated heterocycles. The topological polar surface area (TPSA) is 64.3 Å². The van der Waals surface area contributed by atoms with E-state index in [-0.39, 0.29) is 6.04 Å². The third kappa shape index (κ3) is 3.99. The Morgan fingerprint density at radius 3 is 2.73 bits per heavy atom. The van der Waals surface area contributed by atoms with Gasteiger partial charge in [0.25, 0.3) is 0 Å². The molecule has 4 heteroatoms. The van der Waals surface area contributed by atoms with Gasteiger partial charge in [-0.2, -0.15) is 0 Å². The van der Waals surface area contributed by atoms with Crippen LogP contribution in [0.15, 0.2) is 30.3 Å². The number of rotatable bonds is 4. The zero-order valence-electron chi connectivity index (χ0n) is 8.77. The Labute approximate surface area is 89.4 Å². The van der Waals surface area contributed by atoms with Crippen molar-refractivity contribution in [3.05, 3.63) is 35.9 Å². The molecule has 1 aromatic rings. The average molecular weight is 208 g/mol. The van der Waals surface area contributed by atoms with Crippen LogP contribution in [0.1, 0.15) is 18.0 Å². The van der Waals surface area contributed by atoms with E-state index in [1.54, 1.807) is 0 Å². The number of hydrogen-bond donors (Lipinski definition) is 2. The van der Waals surface area contributed by atoms with Gasteiger partial charge in [0.15, 0.2) is 0 Å². The lowest BCUT2D eigenvalue weighted by atomic mass is 10.1. The van der Waals surface area contributed by atoms with Gasteiger partial charge < -0.3 is 15.8 Å². The van der Waals surface area contributed by atoms with Crippen LogP contribution in [-0.4, -0.2) is 19.7 Å². The van der Waals surface area contributed by atoms with Gasteiger partial charge in [-0.3, -0.25) is 0 Å². The average Bonchev–Trinajstić information content (AvgIpc) is 2.29. The number of amides is 1. The van der Waals surface area contributed by atoms with E-state index in [9.17, 15) is 4.79 Å². The summed E-state index contributed by atoms with van der Waals surface area (Å²) in [5.74, 6) is 0. The van der Waals surface area contributed by atoms with Crippen LogP contribution in [-0.2, 0) is 4.74 Å². The van der Waals surface area contributed by atoms with Crippen molar-refractivity contribution < 1.29 is 9.53 Å². The molecule has 1 aromatic carbocycles. The highest BCUT2D eigenvalue weighted by molar-refractivity contribution is 5.66. The summed E-state index contributed by atoms with van der Waals surface area (Å²) in [4.78, 5) is 10.8. The van der Waals surface area contributed by atoms with E-state index in [4.69, 9.17) is 10.5 Å². The molecule has 0 aromatic heterocycles. The summed E-state index contributed by atoms with van der Waals surface area (Å²) in [5.41, 5.74) is 6.96. The van der Waals surface area contributed by atoms with Gasteiger partial charge in [0, 0.05) is 19.5 Å². The first-order chi connectivity index (χ1) is 7.24. The third-order valence-electron chi connectivity index (χ3n) is 2.09. The van der Waals surface area contributed by atoms with Crippen LogP contribution in [0.3, 0.4) is 0 Å². The van der Waals surface area contributed by atoms with E-state index in [2.05, 4.69) is 5.32 Å². The summed E-state index contributed by atoms with van der Waals surface area (Å²) in [6.07, 6.45) is 0.201. The largest absolute Gasteiger partial charge is 0.449 e. The number of nitrogens with two attached hydrogens (primary N) is 1. The van der Waals surface area contributed by atoms with E-state index in [0.717, 1.165) is 5.56 Å². The molecule has 1 atom stereocenters. The first-order valence-electron chi connectivity index (χ1n) is 4.89. The number of ether oxygens (including phenoxy) is 1. The summed E-state index contributed by atoms with van der Waals surface area (Å²) in [5, 5.41) is 2.38. The Kier molecular flexibility index (Phi) is 4.63. The molecule has 0 heterocycles. The highest BCUT2D eigenvalue weighted by Crippen LogP contribution is 2.12. The van der Waals surface area contributed by atoms with Gasteiger partial charge in [-0.05, 0) is 5.56 Å². The standard InChI is InChI=1S/C11H16N2O2/c1-13-11(14)15-8-7-10(12)9-5-3-2-4-6-9/h2-6,10H,7-8,12H2,1H3,(H,13,14). The van der Waals surface area contributed by atoms with Crippen molar-refractivity contribution in [3.8, 4) is 0 Å². The molecular formula is C11H16N2O2. The number of benzene rings is 1. The van der Waals surface area contributed by atoms with Crippen molar-refractivity contribution in [2.24, 2.45) is 5.73 Å². The molecule has 4 nitrogen and oxygen atoms in total. The molecule has 0 saturated carbocycles. The van der Waals surface area contributed by atoms with Crippen LogP contribution in [0.4, 0.5) is 4.79 Å². The summed E-state index contributed by atoms with van der Waals surface area (Å²) in [6, 6.07) is 9.66. The van der Waals surface area contributed by atoms with Crippen molar-refractivity contribution in [2.75, 3.05) is 13.7 Å². The van der Waals surface area contributed by atoms with E-state index < -0.39 is 6.09 Å². The normalized spacial score (nSPS) is 11.9. The van der Waals surface area contributed by atoms with Crippen LogP contribution in [0.2, 0.25) is 0 Å². The van der Waals surface area contributed by atoms with Gasteiger partial charge in [-0.1, -0.05) is 30.3 Å². The van der Waals surface area contributed by atoms with Gasteiger partial charge in [-0.15, -0.1) is 0 Å². The van der Waals surface area contributed by atoms with Crippen molar-refractivity contribution in [1.82, 2.24) is 5.32 Å². The molecule has 1 rings (SSSR count). The monoisotopic (exact) mass is 208 g/mol. The molecule has 0 aliphatic rings. The van der Waals surface area contributed by atoms with Crippen molar-refractivity contribution >= 4 is 6.09 Å². The quantitative estimate of drug-likeness (QED) is 0.786. The number of hydrogen-bond acceptors (Lipinski definition) is 3. The smallest absolute Gasteiger partial charge is 0.406 e. The molecular weight excluding hydrogens is 192 g/mol. The maximum Gasteiger partial charge on any atom is 0.406 e. The molecule has 0 aliphatic carbocycles. The second kappa shape index (κ2) is 6.03. The maximum absolute atomic E-state index is 10.8. The van der Waals surface area contributed by atoms with Crippen LogP contribution in [0.5, 0.6) is 0 Å². The van der Waals surface area contributed by atoms with Gasteiger partial charge in [0.2, 0.25) is 0 Å². The second-order valence-electron chi connectivity index (χ2n) is 3.19. The fraction of sp³-hybridized carbons (Fsp3) is 0.364. The zero-order valence-corrected chi connectivity index (χ0v) is 8.77. The summed E-state index contributed by atoms with van der Waals surface area (Å²) in [7, 11) is 1.53. The first-order valence-corrected chi connectivity index (χ1v) is 4.89. The first kappa shape index (κ1) is 11.5. The summed E-state index contributed by atoms with van der Waals surface area (Å²) >= 11 is 0. The van der Waals surface area contributed by atoms with Gasteiger partial charge in [0.1, 0.15) is 0 Å². The number of carbonyl (C=O) groups is 1. The zero-order chi connectivity index (χ0) is 11.1. The summed E-state index contributed by atoms with van der Waals surface area (Å²) < 4.78 is 4.85. The lowest BCUT2D eigenvalue weighted by Gasteiger charge is -2.11. The van der Waals surface area contributed by atoms with Crippen LogP contribution in [0.25, 0.3) is 0 Å². The fourth-order valence-corrected chi connectivity index (χ4v) is 1.22. The molecule has 3 N–H and O–H groups in total. The predicted molar refractivity (Wildman–Crippen MR) is 58.4 cm³/mol. The third-order valence-corrected chi connectivity index (χ3v) is 2.09. The molecule has 0 spiro atoms. The van der Waals surface area contributed by atoms with Crippen molar-refractivity contribution in [2.45, 2.75) is 12.5 Å². The Morgan fingerprint density at radius 2 is 2.13 bits per heavy atom. The molecule has 15 heavy (non-hydrogen) atoms. The SMILES string of the molecule is CNC(=O)OCCC(N)c1ccccc1. The Balaban J connectivity index is 2.31. The van der Waals surface area contributed by atoms with E-state index in [1.807, 2.05) is 30.3 Å². The van der Waals surface area contributed by atoms with Crippen molar-refractivity contribution in [3.63, 3.8) is 0 Å². The Morgan fingerprint density at radius 1 is 1.47 bits per heavy atom. The minimum atomic E-state index is -0.421. The molecule has 0 radical (unpaired) electrons. The van der Waals surface area contributed by atoms with E-state index in [0.29, 0.717) is 13.0 Å². The van der Waals surface area contributed by atoms with Crippen molar-refractivity contribution in [1.29, 1.82) is 0 Å². The van der Waals surface area contributed by atoms with Gasteiger partial charge in [-0.25, -0.2) is 4.79 Å². The van der Waals surface area contributed by atoms with Crippen LogP contribution >= 0.6 is 0 Å². The Bertz CT molecular complexity index is 301. The molecule has 82 valence electrons. The lowest BCUT2D eigenvalue weighted by molar-refractivity contribution is 0.144. The minimum absolute atomic E-state index is 0.0872. The van der Waals surface area contributed by atoms with Gasteiger partial charge in [0.05, 0.1) is 6.61 Å². The van der Waals surface area contributed by atoms with E-state index in [1.165, 1.54) is 7.05 Å². The number of carbonyl (C=O) groups excluding carboxylic acids is 1. The van der Waals surface area contributed by atoms with Gasteiger partial charge >= 0.3 is 6.09 Å². The van der Waals surface area contributed by atoms with Crippen LogP contribution < -0.4 is 11.1 Å². The molecule has 0 fully saturated rings. The molecule has 0 bridgehead atoms. The van der Waals surface area contributed by atoms with Crippen LogP contribution in [0, 0.1) is 0 Å². The molecule has 1 unspecified atom stereocenters. The highest BCUT2D eigenvalue weighted by atomic mass is 16.5. The fourth-order valence-electron chi connectivity index (χ4n) is 1.22. The predicted octanol–water partition coefficient (Wildman–Crippen LogP) is 1.43. The van der Waals surface area contributed by atoms with E-state index >= 15 is 0 Å². The summed E-state index contributed by atoms with van der Waals surface area (Å²) in [6.45, 7) is 0.329. The molecule has 1 amide bonds.